The van der Waals surface area contributed by atoms with Crippen LogP contribution in [0, 0.1) is 0 Å². The first kappa shape index (κ1) is 11.2. The summed E-state index contributed by atoms with van der Waals surface area (Å²) < 4.78 is 6.72. The summed E-state index contributed by atoms with van der Waals surface area (Å²) in [5.41, 5.74) is 0.835. The number of aromatic nitrogens is 2. The first-order chi connectivity index (χ1) is 8.84. The van der Waals surface area contributed by atoms with E-state index < -0.39 is 0 Å². The van der Waals surface area contributed by atoms with Crippen molar-refractivity contribution in [3.05, 3.63) is 40.9 Å². The Bertz CT molecular complexity index is 567. The number of nitrogens with one attached hydrogen (secondary N) is 1. The first-order valence-corrected chi connectivity index (χ1v) is 6.20. The van der Waals surface area contributed by atoms with E-state index in [1.807, 2.05) is 30.3 Å². The molecule has 0 bridgehead atoms. The molecule has 5 nitrogen and oxygen atoms in total. The molecule has 1 aromatic heterocycles. The molecule has 2 aromatic rings. The topological polar surface area (TPSA) is 60.1 Å². The minimum absolute atomic E-state index is 0.153. The summed E-state index contributed by atoms with van der Waals surface area (Å²) in [7, 11) is 0. The van der Waals surface area contributed by atoms with Gasteiger partial charge in [0, 0.05) is 5.56 Å². The molecule has 18 heavy (non-hydrogen) atoms. The Kier molecular flexibility index (Phi) is 2.98. The highest BCUT2D eigenvalue weighted by Crippen LogP contribution is 2.19. The molecule has 0 radical (unpaired) electrons. The van der Waals surface area contributed by atoms with Gasteiger partial charge in [0.25, 0.3) is 0 Å². The molecule has 1 aliphatic rings. The van der Waals surface area contributed by atoms with E-state index in [4.69, 9.17) is 4.42 Å². The monoisotopic (exact) mass is 245 g/mol. The van der Waals surface area contributed by atoms with E-state index in [9.17, 15) is 4.79 Å². The maximum absolute atomic E-state index is 11.8. The molecule has 1 saturated heterocycles. The quantitative estimate of drug-likeness (QED) is 0.869. The van der Waals surface area contributed by atoms with Crippen LogP contribution >= 0.6 is 0 Å². The van der Waals surface area contributed by atoms with E-state index in [1.54, 1.807) is 0 Å². The van der Waals surface area contributed by atoms with Crippen molar-refractivity contribution < 1.29 is 4.42 Å². The summed E-state index contributed by atoms with van der Waals surface area (Å²) >= 11 is 0. The molecular weight excluding hydrogens is 230 g/mol. The van der Waals surface area contributed by atoms with Crippen LogP contribution in [0.1, 0.15) is 18.9 Å². The Balaban J connectivity index is 1.93. The molecule has 0 spiro atoms. The predicted molar refractivity (Wildman–Crippen MR) is 67.3 cm³/mol. The zero-order valence-corrected chi connectivity index (χ0v) is 10.0. The van der Waals surface area contributed by atoms with Crippen molar-refractivity contribution in [2.24, 2.45) is 0 Å². The van der Waals surface area contributed by atoms with Crippen molar-refractivity contribution >= 4 is 0 Å². The average molecular weight is 245 g/mol. The normalized spacial score (nSPS) is 16.9. The van der Waals surface area contributed by atoms with Crippen molar-refractivity contribution in [2.45, 2.75) is 18.9 Å². The number of nitrogens with zero attached hydrogens (tertiary/aromatic N) is 2. The molecule has 1 aromatic carbocycles. The van der Waals surface area contributed by atoms with E-state index in [0.717, 1.165) is 31.5 Å². The summed E-state index contributed by atoms with van der Waals surface area (Å²) in [4.78, 5) is 11.8. The lowest BCUT2D eigenvalue weighted by Crippen LogP contribution is -2.33. The number of hydrogen-bond donors (Lipinski definition) is 1. The van der Waals surface area contributed by atoms with Gasteiger partial charge in [0.15, 0.2) is 0 Å². The van der Waals surface area contributed by atoms with Crippen LogP contribution in [0.2, 0.25) is 0 Å². The zero-order chi connectivity index (χ0) is 12.4. The van der Waals surface area contributed by atoms with Gasteiger partial charge >= 0.3 is 5.76 Å². The number of rotatable bonds is 2. The molecule has 94 valence electrons. The molecule has 0 aliphatic carbocycles. The first-order valence-electron chi connectivity index (χ1n) is 6.20. The fourth-order valence-corrected chi connectivity index (χ4v) is 2.27. The van der Waals surface area contributed by atoms with Crippen molar-refractivity contribution in [1.82, 2.24) is 15.1 Å². The van der Waals surface area contributed by atoms with Gasteiger partial charge in [-0.2, -0.15) is 4.68 Å². The summed E-state index contributed by atoms with van der Waals surface area (Å²) in [6.45, 7) is 1.84. The van der Waals surface area contributed by atoms with E-state index in [-0.39, 0.29) is 11.8 Å². The third-order valence-corrected chi connectivity index (χ3v) is 3.24. The second-order valence-corrected chi connectivity index (χ2v) is 4.46. The molecule has 2 heterocycles. The fourth-order valence-electron chi connectivity index (χ4n) is 2.27. The van der Waals surface area contributed by atoms with Gasteiger partial charge in [-0.25, -0.2) is 4.79 Å². The molecule has 0 amide bonds. The van der Waals surface area contributed by atoms with Crippen LogP contribution in [0.25, 0.3) is 11.5 Å². The second kappa shape index (κ2) is 4.78. The van der Waals surface area contributed by atoms with E-state index >= 15 is 0 Å². The van der Waals surface area contributed by atoms with Crippen molar-refractivity contribution in [3.8, 4) is 11.5 Å². The van der Waals surface area contributed by atoms with Crippen molar-refractivity contribution in [3.63, 3.8) is 0 Å². The van der Waals surface area contributed by atoms with Gasteiger partial charge in [-0.1, -0.05) is 18.2 Å². The summed E-state index contributed by atoms with van der Waals surface area (Å²) in [6.07, 6.45) is 1.83. The second-order valence-electron chi connectivity index (χ2n) is 4.46. The Morgan fingerprint density at radius 2 is 1.94 bits per heavy atom. The SMILES string of the molecule is O=c1oc(-c2ccccc2)nn1C1CCNCC1. The molecule has 3 rings (SSSR count). The van der Waals surface area contributed by atoms with Gasteiger partial charge in [-0.05, 0) is 38.1 Å². The Morgan fingerprint density at radius 3 is 2.67 bits per heavy atom. The van der Waals surface area contributed by atoms with Crippen LogP contribution in [-0.2, 0) is 0 Å². The highest BCUT2D eigenvalue weighted by Gasteiger charge is 2.20. The minimum Gasteiger partial charge on any atom is -0.388 e. The maximum Gasteiger partial charge on any atom is 0.437 e. The molecule has 0 unspecified atom stereocenters. The van der Waals surface area contributed by atoms with Crippen LogP contribution < -0.4 is 11.1 Å². The Hall–Kier alpha value is -1.88. The molecule has 0 atom stereocenters. The largest absolute Gasteiger partial charge is 0.437 e. The van der Waals surface area contributed by atoms with Gasteiger partial charge in [0.1, 0.15) is 0 Å². The van der Waals surface area contributed by atoms with Crippen LogP contribution in [0.4, 0.5) is 0 Å². The average Bonchev–Trinajstić information content (AvgIpc) is 2.83. The lowest BCUT2D eigenvalue weighted by atomic mass is 10.1. The molecule has 1 N–H and O–H groups in total. The molecule has 0 saturated carbocycles. The number of piperidine rings is 1. The van der Waals surface area contributed by atoms with Crippen LogP contribution in [0.15, 0.2) is 39.5 Å². The van der Waals surface area contributed by atoms with Crippen molar-refractivity contribution in [1.29, 1.82) is 0 Å². The molecule has 1 aliphatic heterocycles. The lowest BCUT2D eigenvalue weighted by molar-refractivity contribution is 0.323. The van der Waals surface area contributed by atoms with E-state index in [2.05, 4.69) is 10.4 Å². The summed E-state index contributed by atoms with van der Waals surface area (Å²) in [5.74, 6) is 0.0416. The van der Waals surface area contributed by atoms with Gasteiger partial charge in [0.05, 0.1) is 6.04 Å². The fraction of sp³-hybridized carbons (Fsp3) is 0.385. The number of benzene rings is 1. The predicted octanol–water partition coefficient (Wildman–Crippen LogP) is 1.43. The Labute approximate surface area is 104 Å². The molecular formula is C13H15N3O2. The molecule has 1 fully saturated rings. The Morgan fingerprint density at radius 1 is 1.22 bits per heavy atom. The van der Waals surface area contributed by atoms with Crippen LogP contribution in [-0.4, -0.2) is 22.9 Å². The lowest BCUT2D eigenvalue weighted by Gasteiger charge is -2.21. The van der Waals surface area contributed by atoms with Crippen molar-refractivity contribution in [2.75, 3.05) is 13.1 Å². The smallest absolute Gasteiger partial charge is 0.388 e. The van der Waals surface area contributed by atoms with Crippen LogP contribution in [0.5, 0.6) is 0 Å². The standard InChI is InChI=1S/C13H15N3O2/c17-13-16(11-6-8-14-9-7-11)15-12(18-13)10-4-2-1-3-5-10/h1-5,11,14H,6-9H2. The summed E-state index contributed by atoms with van der Waals surface area (Å²) in [6, 6.07) is 9.65. The van der Waals surface area contributed by atoms with Gasteiger partial charge in [-0.3, -0.25) is 0 Å². The highest BCUT2D eigenvalue weighted by molar-refractivity contribution is 5.51. The third kappa shape index (κ3) is 2.09. The van der Waals surface area contributed by atoms with Crippen LogP contribution in [0.3, 0.4) is 0 Å². The highest BCUT2D eigenvalue weighted by atomic mass is 16.4. The number of hydrogen-bond acceptors (Lipinski definition) is 4. The van der Waals surface area contributed by atoms with Gasteiger partial charge < -0.3 is 9.73 Å². The summed E-state index contributed by atoms with van der Waals surface area (Å²) in [5, 5.41) is 7.58. The van der Waals surface area contributed by atoms with Gasteiger partial charge in [-0.15, -0.1) is 5.10 Å². The maximum atomic E-state index is 11.8. The molecule has 5 heteroatoms. The van der Waals surface area contributed by atoms with E-state index in [0.29, 0.717) is 5.89 Å². The minimum atomic E-state index is -0.360. The van der Waals surface area contributed by atoms with Gasteiger partial charge in [0.2, 0.25) is 5.89 Å². The van der Waals surface area contributed by atoms with E-state index in [1.165, 1.54) is 4.68 Å². The zero-order valence-electron chi connectivity index (χ0n) is 10.0. The third-order valence-electron chi connectivity index (χ3n) is 3.24.